The van der Waals surface area contributed by atoms with Crippen molar-refractivity contribution >= 4 is 17.2 Å². The largest absolute Gasteiger partial charge is 0.486 e. The Labute approximate surface area is 163 Å². The van der Waals surface area contributed by atoms with E-state index in [1.807, 2.05) is 0 Å². The van der Waals surface area contributed by atoms with Crippen molar-refractivity contribution in [3.05, 3.63) is 46.2 Å². The number of carbonyl (C=O) groups excluding carboxylic acids is 1. The van der Waals surface area contributed by atoms with Crippen LogP contribution in [0.2, 0.25) is 0 Å². The molecule has 2 heterocycles. The van der Waals surface area contributed by atoms with Crippen LogP contribution in [-0.4, -0.2) is 35.4 Å². The standard InChI is InChI=1S/C20H26FN3O2S/c1-2-9-22-20(25)15-7-10-24(11-8-15)12-17-14-27-19(23-17)13-26-18-5-3-16(21)4-6-18/h3-6,14-15H,2,7-13H2,1H3,(H,22,25). The summed E-state index contributed by atoms with van der Waals surface area (Å²) < 4.78 is 18.6. The molecular formula is C20H26FN3O2S. The fourth-order valence-corrected chi connectivity index (χ4v) is 3.83. The minimum atomic E-state index is -0.273. The molecule has 1 aliphatic heterocycles. The number of carbonyl (C=O) groups is 1. The molecule has 0 aliphatic carbocycles. The second-order valence-corrected chi connectivity index (χ2v) is 7.76. The van der Waals surface area contributed by atoms with E-state index in [2.05, 4.69) is 27.5 Å². The average Bonchev–Trinajstić information content (AvgIpc) is 3.13. The molecule has 146 valence electrons. The highest BCUT2D eigenvalue weighted by atomic mass is 32.1. The van der Waals surface area contributed by atoms with E-state index in [1.165, 1.54) is 12.1 Å². The van der Waals surface area contributed by atoms with Gasteiger partial charge in [-0.05, 0) is 56.6 Å². The monoisotopic (exact) mass is 391 g/mol. The van der Waals surface area contributed by atoms with Crippen molar-refractivity contribution in [3.8, 4) is 5.75 Å². The van der Waals surface area contributed by atoms with E-state index in [4.69, 9.17) is 4.74 Å². The van der Waals surface area contributed by atoms with Crippen molar-refractivity contribution in [3.63, 3.8) is 0 Å². The maximum Gasteiger partial charge on any atom is 0.223 e. The molecule has 1 aromatic heterocycles. The number of thiazole rings is 1. The Morgan fingerprint density at radius 3 is 2.78 bits per heavy atom. The van der Waals surface area contributed by atoms with Gasteiger partial charge in [-0.2, -0.15) is 0 Å². The Morgan fingerprint density at radius 2 is 2.07 bits per heavy atom. The fourth-order valence-electron chi connectivity index (χ4n) is 3.14. The van der Waals surface area contributed by atoms with Gasteiger partial charge in [-0.1, -0.05) is 6.92 Å². The lowest BCUT2D eigenvalue weighted by Crippen LogP contribution is -2.40. The van der Waals surface area contributed by atoms with Crippen LogP contribution >= 0.6 is 11.3 Å². The van der Waals surface area contributed by atoms with Gasteiger partial charge in [-0.15, -0.1) is 11.3 Å². The van der Waals surface area contributed by atoms with Crippen molar-refractivity contribution in [2.75, 3.05) is 19.6 Å². The predicted molar refractivity (Wildman–Crippen MR) is 104 cm³/mol. The van der Waals surface area contributed by atoms with Crippen LogP contribution in [-0.2, 0) is 17.9 Å². The van der Waals surface area contributed by atoms with E-state index in [0.29, 0.717) is 12.4 Å². The Morgan fingerprint density at radius 1 is 1.33 bits per heavy atom. The van der Waals surface area contributed by atoms with E-state index in [-0.39, 0.29) is 17.6 Å². The second kappa shape index (κ2) is 9.80. The summed E-state index contributed by atoms with van der Waals surface area (Å²) in [5, 5.41) is 5.96. The molecule has 27 heavy (non-hydrogen) atoms. The number of ether oxygens (including phenoxy) is 1. The third-order valence-electron chi connectivity index (χ3n) is 4.67. The first-order valence-electron chi connectivity index (χ1n) is 9.45. The molecule has 0 saturated carbocycles. The topological polar surface area (TPSA) is 54.5 Å². The molecule has 0 spiro atoms. The number of nitrogens with one attached hydrogen (secondary N) is 1. The molecule has 0 radical (unpaired) electrons. The van der Waals surface area contributed by atoms with Crippen molar-refractivity contribution < 1.29 is 13.9 Å². The van der Waals surface area contributed by atoms with Gasteiger partial charge in [0.1, 0.15) is 23.2 Å². The van der Waals surface area contributed by atoms with Crippen molar-refractivity contribution in [2.24, 2.45) is 5.92 Å². The lowest BCUT2D eigenvalue weighted by Gasteiger charge is -2.30. The minimum absolute atomic E-state index is 0.142. The fraction of sp³-hybridized carbons (Fsp3) is 0.500. The molecule has 5 nitrogen and oxygen atoms in total. The molecule has 1 aliphatic rings. The highest BCUT2D eigenvalue weighted by Gasteiger charge is 2.24. The van der Waals surface area contributed by atoms with Crippen LogP contribution < -0.4 is 10.1 Å². The van der Waals surface area contributed by atoms with Crippen LogP contribution in [0.15, 0.2) is 29.6 Å². The van der Waals surface area contributed by atoms with E-state index in [0.717, 1.165) is 56.1 Å². The van der Waals surface area contributed by atoms with Gasteiger partial charge in [0.15, 0.2) is 0 Å². The van der Waals surface area contributed by atoms with Crippen LogP contribution in [0, 0.1) is 11.7 Å². The summed E-state index contributed by atoms with van der Waals surface area (Å²) >= 11 is 1.57. The Balaban J connectivity index is 1.42. The molecule has 1 N–H and O–H groups in total. The summed E-state index contributed by atoms with van der Waals surface area (Å²) in [6, 6.07) is 6.00. The van der Waals surface area contributed by atoms with Crippen molar-refractivity contribution in [2.45, 2.75) is 39.3 Å². The number of nitrogens with zero attached hydrogens (tertiary/aromatic N) is 2. The van der Waals surface area contributed by atoms with Gasteiger partial charge in [0, 0.05) is 24.4 Å². The minimum Gasteiger partial charge on any atom is -0.486 e. The molecule has 1 aromatic carbocycles. The first-order chi connectivity index (χ1) is 13.1. The van der Waals surface area contributed by atoms with E-state index >= 15 is 0 Å². The van der Waals surface area contributed by atoms with Crippen LogP contribution in [0.5, 0.6) is 5.75 Å². The number of amides is 1. The molecule has 1 saturated heterocycles. The van der Waals surface area contributed by atoms with Gasteiger partial charge in [0.25, 0.3) is 0 Å². The van der Waals surface area contributed by atoms with Gasteiger partial charge in [0.2, 0.25) is 5.91 Å². The Bertz CT molecular complexity index is 727. The normalized spacial score (nSPS) is 15.6. The quantitative estimate of drug-likeness (QED) is 0.747. The SMILES string of the molecule is CCCNC(=O)C1CCN(Cc2csc(COc3ccc(F)cc3)n2)CC1. The number of benzene rings is 1. The van der Waals surface area contributed by atoms with Gasteiger partial charge in [-0.25, -0.2) is 9.37 Å². The first kappa shape index (κ1) is 19.8. The van der Waals surface area contributed by atoms with Gasteiger partial charge < -0.3 is 10.1 Å². The molecule has 0 bridgehead atoms. The number of rotatable bonds is 8. The third kappa shape index (κ3) is 6.01. The summed E-state index contributed by atoms with van der Waals surface area (Å²) in [6.07, 6.45) is 2.78. The van der Waals surface area contributed by atoms with Crippen molar-refractivity contribution in [1.82, 2.24) is 15.2 Å². The van der Waals surface area contributed by atoms with Gasteiger partial charge in [0.05, 0.1) is 5.69 Å². The molecule has 2 aromatic rings. The summed E-state index contributed by atoms with van der Waals surface area (Å²) in [7, 11) is 0. The van der Waals surface area contributed by atoms with Crippen LogP contribution in [0.3, 0.4) is 0 Å². The molecule has 3 rings (SSSR count). The Kier molecular flexibility index (Phi) is 7.18. The lowest BCUT2D eigenvalue weighted by atomic mass is 9.96. The maximum atomic E-state index is 12.9. The molecule has 0 atom stereocenters. The smallest absolute Gasteiger partial charge is 0.223 e. The van der Waals surface area contributed by atoms with Gasteiger partial charge in [-0.3, -0.25) is 9.69 Å². The Hall–Kier alpha value is -1.99. The van der Waals surface area contributed by atoms with Crippen LogP contribution in [0.25, 0.3) is 0 Å². The van der Waals surface area contributed by atoms with Crippen LogP contribution in [0.1, 0.15) is 36.9 Å². The maximum absolute atomic E-state index is 12.9. The van der Waals surface area contributed by atoms with Gasteiger partial charge >= 0.3 is 0 Å². The van der Waals surface area contributed by atoms with Crippen molar-refractivity contribution in [1.29, 1.82) is 0 Å². The zero-order valence-corrected chi connectivity index (χ0v) is 16.4. The summed E-state index contributed by atoms with van der Waals surface area (Å²) in [5.74, 6) is 0.704. The number of hydrogen-bond donors (Lipinski definition) is 1. The van der Waals surface area contributed by atoms with E-state index in [1.54, 1.807) is 23.5 Å². The van der Waals surface area contributed by atoms with E-state index < -0.39 is 0 Å². The lowest BCUT2D eigenvalue weighted by molar-refractivity contribution is -0.126. The van der Waals surface area contributed by atoms with Crippen LogP contribution in [0.4, 0.5) is 4.39 Å². The summed E-state index contributed by atoms with van der Waals surface area (Å²) in [5.41, 5.74) is 1.03. The average molecular weight is 392 g/mol. The number of aromatic nitrogens is 1. The van der Waals surface area contributed by atoms with E-state index in [9.17, 15) is 9.18 Å². The molecule has 0 unspecified atom stereocenters. The molecule has 7 heteroatoms. The molecular weight excluding hydrogens is 365 g/mol. The first-order valence-corrected chi connectivity index (χ1v) is 10.3. The summed E-state index contributed by atoms with van der Waals surface area (Å²) in [4.78, 5) is 19.0. The third-order valence-corrected chi connectivity index (χ3v) is 5.54. The summed E-state index contributed by atoms with van der Waals surface area (Å²) in [6.45, 7) is 5.86. The highest BCUT2D eigenvalue weighted by Crippen LogP contribution is 2.21. The number of likely N-dealkylation sites (tertiary alicyclic amines) is 1. The second-order valence-electron chi connectivity index (χ2n) is 6.82. The highest BCUT2D eigenvalue weighted by molar-refractivity contribution is 7.09. The zero-order valence-electron chi connectivity index (χ0n) is 15.6. The number of halogens is 1. The number of piperidine rings is 1. The molecule has 1 fully saturated rings. The molecule has 1 amide bonds. The predicted octanol–water partition coefficient (Wildman–Crippen LogP) is 3.60. The zero-order chi connectivity index (χ0) is 19.1. The number of hydrogen-bond acceptors (Lipinski definition) is 5.